The Morgan fingerprint density at radius 1 is 0.948 bits per heavy atom. The van der Waals surface area contributed by atoms with Crippen molar-refractivity contribution in [1.29, 1.82) is 0 Å². The average Bonchev–Trinajstić information content (AvgIpc) is 3.64. The van der Waals surface area contributed by atoms with Gasteiger partial charge < -0.3 is 31.7 Å². The van der Waals surface area contributed by atoms with E-state index in [0.717, 1.165) is 57.5 Å². The average molecular weight is 945 g/mol. The molecule has 0 bridgehead atoms. The summed E-state index contributed by atoms with van der Waals surface area (Å²) < 4.78 is 9.79. The van der Waals surface area contributed by atoms with Crippen LogP contribution in [0.1, 0.15) is 57.0 Å². The number of urea groups is 1. The molecule has 0 aliphatic carbocycles. The van der Waals surface area contributed by atoms with Crippen LogP contribution in [0.15, 0.2) is 67.1 Å². The number of amides is 3. The molecule has 5 rings (SSSR count). The van der Waals surface area contributed by atoms with Crippen LogP contribution in [0, 0.1) is 5.92 Å². The third-order valence-corrected chi connectivity index (χ3v) is 12.9. The summed E-state index contributed by atoms with van der Waals surface area (Å²) >= 11 is 8.04. The highest BCUT2D eigenvalue weighted by atomic mass is 79.9. The van der Waals surface area contributed by atoms with E-state index in [1.54, 1.807) is 18.4 Å². The number of primary amides is 1. The Bertz CT molecular complexity index is 2300. The quantitative estimate of drug-likeness (QED) is 0.0445. The van der Waals surface area contributed by atoms with E-state index in [9.17, 15) is 19.2 Å². The number of rotatable bonds is 21. The monoisotopic (exact) mass is 942 g/mol. The fourth-order valence-electron chi connectivity index (χ4n) is 6.42. The van der Waals surface area contributed by atoms with E-state index in [0.29, 0.717) is 56.4 Å². The van der Waals surface area contributed by atoms with Crippen LogP contribution in [-0.2, 0) is 31.4 Å². The second kappa shape index (κ2) is 21.6. The molecule has 0 saturated heterocycles. The molecule has 18 heteroatoms. The molecule has 7 N–H and O–H groups in total. The van der Waals surface area contributed by atoms with Gasteiger partial charge in [-0.25, -0.2) is 28.9 Å². The molecule has 2 aromatic carbocycles. The lowest BCUT2D eigenvalue weighted by molar-refractivity contribution is 0.155. The van der Waals surface area contributed by atoms with E-state index in [-0.39, 0.29) is 38.8 Å². The number of halogens is 2. The molecule has 0 radical (unpaired) electrons. The maximum absolute atomic E-state index is 13.0. The SMILES string of the molecule is CCCc1nc2c(NC(=O)OCc3ccc(NC[C@H](CCCNC(N)=O)NC[C@@H](NCCCn4c(=O)c(Br)c(Br)c(=O)n4C)C(C)C)cc3)nc3ccccc3c2s1. The molecule has 5 aromatic rings. The van der Waals surface area contributed by atoms with Crippen molar-refractivity contribution >= 4 is 87.9 Å². The zero-order valence-electron chi connectivity index (χ0n) is 33.2. The molecule has 312 valence electrons. The Balaban J connectivity index is 1.13. The molecule has 0 spiro atoms. The second-order valence-corrected chi connectivity index (χ2v) is 17.0. The molecular weight excluding hydrogens is 892 g/mol. The summed E-state index contributed by atoms with van der Waals surface area (Å²) in [7, 11) is 1.58. The third kappa shape index (κ3) is 12.1. The highest BCUT2D eigenvalue weighted by molar-refractivity contribution is 9.13. The Kier molecular flexibility index (Phi) is 16.7. The van der Waals surface area contributed by atoms with Gasteiger partial charge in [0.15, 0.2) is 5.82 Å². The first-order valence-electron chi connectivity index (χ1n) is 19.5. The maximum atomic E-state index is 13.0. The van der Waals surface area contributed by atoms with Crippen molar-refractivity contribution in [2.75, 3.05) is 36.8 Å². The lowest BCUT2D eigenvalue weighted by atomic mass is 10.0. The predicted molar refractivity (Wildman–Crippen MR) is 239 cm³/mol. The van der Waals surface area contributed by atoms with Crippen LogP contribution in [0.5, 0.6) is 0 Å². The Morgan fingerprint density at radius 2 is 1.69 bits per heavy atom. The van der Waals surface area contributed by atoms with Crippen molar-refractivity contribution in [1.82, 2.24) is 35.3 Å². The summed E-state index contributed by atoms with van der Waals surface area (Å²) in [4.78, 5) is 58.9. The highest BCUT2D eigenvalue weighted by Crippen LogP contribution is 2.34. The van der Waals surface area contributed by atoms with Gasteiger partial charge in [-0.1, -0.05) is 51.1 Å². The number of hydrogen-bond acceptors (Lipinski definition) is 11. The number of thiazole rings is 1. The molecule has 0 saturated carbocycles. The molecule has 3 heterocycles. The van der Waals surface area contributed by atoms with Crippen LogP contribution in [0.25, 0.3) is 21.1 Å². The third-order valence-electron chi connectivity index (χ3n) is 9.71. The van der Waals surface area contributed by atoms with Crippen LogP contribution >= 0.6 is 43.2 Å². The molecule has 2 atom stereocenters. The minimum atomic E-state index is -0.606. The van der Waals surface area contributed by atoms with Gasteiger partial charge in [0, 0.05) is 56.4 Å². The fraction of sp³-hybridized carbons (Fsp3) is 0.450. The first-order chi connectivity index (χ1) is 27.9. The van der Waals surface area contributed by atoms with Crippen LogP contribution in [0.3, 0.4) is 0 Å². The van der Waals surface area contributed by atoms with Gasteiger partial charge in [0.05, 0.1) is 15.2 Å². The first kappa shape index (κ1) is 44.7. The van der Waals surface area contributed by atoms with Gasteiger partial charge in [-0.2, -0.15) is 0 Å². The lowest BCUT2D eigenvalue weighted by Gasteiger charge is -2.27. The molecule has 15 nitrogen and oxygen atoms in total. The van der Waals surface area contributed by atoms with E-state index >= 15 is 0 Å². The van der Waals surface area contributed by atoms with Crippen molar-refractivity contribution in [3.05, 3.63) is 88.8 Å². The number of para-hydroxylation sites is 1. The van der Waals surface area contributed by atoms with E-state index in [1.165, 1.54) is 9.36 Å². The number of hydrogen-bond donors (Lipinski definition) is 6. The molecular formula is C40H52Br2N10O5S. The van der Waals surface area contributed by atoms with Crippen molar-refractivity contribution < 1.29 is 14.3 Å². The summed E-state index contributed by atoms with van der Waals surface area (Å²) in [5.74, 6) is 0.706. The molecule has 0 fully saturated rings. The van der Waals surface area contributed by atoms with Crippen LogP contribution in [0.2, 0.25) is 0 Å². The standard InChI is InChI=1S/C40H52Br2N10O5S/c1-5-10-31-49-34-35(58-31)28-12-6-7-13-29(28)48-36(34)50-40(56)57-23-25-14-16-26(17-15-25)46-21-27(11-8-18-45-39(43)55)47-22-30(24(2)3)44-19-9-20-52-38(54)33(42)32(41)37(53)51(52)4/h6-7,12-17,24,27,30,44,46-47H,5,8-11,18-23H2,1-4H3,(H3,43,45,55)(H,48,50,56)/t27-,30+/m0/s1. The minimum Gasteiger partial charge on any atom is -0.444 e. The number of fused-ring (bicyclic) bond motifs is 3. The minimum absolute atomic E-state index is 0.0728. The Morgan fingerprint density at radius 3 is 2.41 bits per heavy atom. The van der Waals surface area contributed by atoms with Crippen molar-refractivity contribution in [3.8, 4) is 0 Å². The molecule has 0 aliphatic heterocycles. The van der Waals surface area contributed by atoms with Crippen LogP contribution in [-0.4, -0.2) is 69.7 Å². The number of carbonyl (C=O) groups excluding carboxylic acids is 2. The van der Waals surface area contributed by atoms with Gasteiger partial charge in [0.1, 0.15) is 21.1 Å². The van der Waals surface area contributed by atoms with Crippen LogP contribution < -0.4 is 43.4 Å². The number of benzene rings is 2. The summed E-state index contributed by atoms with van der Waals surface area (Å²) in [5, 5.41) is 18.3. The number of nitrogens with one attached hydrogen (secondary N) is 5. The van der Waals surface area contributed by atoms with Gasteiger partial charge in [-0.15, -0.1) is 11.3 Å². The topological polar surface area (TPSA) is 199 Å². The van der Waals surface area contributed by atoms with Gasteiger partial charge in [-0.3, -0.25) is 14.9 Å². The second-order valence-electron chi connectivity index (χ2n) is 14.4. The Hall–Kier alpha value is -4.36. The maximum Gasteiger partial charge on any atom is 0.413 e. The number of nitrogens with two attached hydrogens (primary N) is 1. The van der Waals surface area contributed by atoms with Crippen LogP contribution in [0.4, 0.5) is 21.1 Å². The zero-order chi connectivity index (χ0) is 41.8. The number of anilines is 2. The zero-order valence-corrected chi connectivity index (χ0v) is 37.2. The largest absolute Gasteiger partial charge is 0.444 e. The van der Waals surface area contributed by atoms with Gasteiger partial charge in [0.25, 0.3) is 11.1 Å². The number of pyridine rings is 1. The number of aryl methyl sites for hydroxylation is 1. The summed E-state index contributed by atoms with van der Waals surface area (Å²) in [6.07, 6.45) is 3.40. The van der Waals surface area contributed by atoms with Gasteiger partial charge >= 0.3 is 12.1 Å². The number of ether oxygens (including phenoxy) is 1. The molecule has 58 heavy (non-hydrogen) atoms. The van der Waals surface area contributed by atoms with Crippen molar-refractivity contribution in [3.63, 3.8) is 0 Å². The highest BCUT2D eigenvalue weighted by Gasteiger charge is 2.19. The lowest BCUT2D eigenvalue weighted by Crippen LogP contribution is -2.48. The fourth-order valence-corrected chi connectivity index (χ4v) is 8.42. The predicted octanol–water partition coefficient (Wildman–Crippen LogP) is 6.45. The van der Waals surface area contributed by atoms with E-state index in [4.69, 9.17) is 15.5 Å². The van der Waals surface area contributed by atoms with E-state index in [2.05, 4.69) is 84.2 Å². The molecule has 3 amide bonds. The first-order valence-corrected chi connectivity index (χ1v) is 21.9. The van der Waals surface area contributed by atoms with Crippen molar-refractivity contribution in [2.45, 2.75) is 78.1 Å². The van der Waals surface area contributed by atoms with E-state index < -0.39 is 12.1 Å². The van der Waals surface area contributed by atoms with Gasteiger partial charge in [0.2, 0.25) is 0 Å². The number of nitrogens with zero attached hydrogens (tertiary/aromatic N) is 4. The summed E-state index contributed by atoms with van der Waals surface area (Å²) in [5.41, 5.74) is 7.92. The number of aromatic nitrogens is 4. The van der Waals surface area contributed by atoms with Crippen molar-refractivity contribution in [2.24, 2.45) is 18.7 Å². The Labute approximate surface area is 358 Å². The smallest absolute Gasteiger partial charge is 0.413 e. The normalized spacial score (nSPS) is 12.5. The molecule has 0 unspecified atom stereocenters. The van der Waals surface area contributed by atoms with Gasteiger partial charge in [-0.05, 0) is 100 Å². The summed E-state index contributed by atoms with van der Waals surface area (Å²) in [6.45, 7) is 9.33. The molecule has 3 aromatic heterocycles. The van der Waals surface area contributed by atoms with E-state index in [1.807, 2.05) is 48.5 Å². The summed E-state index contributed by atoms with van der Waals surface area (Å²) in [6, 6.07) is 15.2. The molecule has 0 aliphatic rings. The number of carbonyl (C=O) groups is 2.